The number of methoxy groups -OCH3 is 1. The molecule has 2 atom stereocenters. The Labute approximate surface area is 112 Å². The van der Waals surface area contributed by atoms with Gasteiger partial charge in [-0.25, -0.2) is 0 Å². The third kappa shape index (κ3) is 8.48. The number of carbonyl (C=O) groups is 1. The van der Waals surface area contributed by atoms with Crippen molar-refractivity contribution in [1.82, 2.24) is 10.6 Å². The highest BCUT2D eigenvalue weighted by atomic mass is 16.5. The molecule has 0 radical (unpaired) electrons. The van der Waals surface area contributed by atoms with E-state index >= 15 is 0 Å². The van der Waals surface area contributed by atoms with Crippen LogP contribution in [0.25, 0.3) is 0 Å². The van der Waals surface area contributed by atoms with Crippen LogP contribution >= 0.6 is 0 Å². The molecule has 0 saturated carbocycles. The molecular formula is C14H30N2O2. The molecule has 0 aliphatic heterocycles. The fourth-order valence-electron chi connectivity index (χ4n) is 1.81. The highest BCUT2D eigenvalue weighted by Gasteiger charge is 2.13. The Morgan fingerprint density at radius 2 is 2.06 bits per heavy atom. The van der Waals surface area contributed by atoms with E-state index in [0.29, 0.717) is 19.1 Å². The van der Waals surface area contributed by atoms with Crippen molar-refractivity contribution in [1.29, 1.82) is 0 Å². The minimum absolute atomic E-state index is 0.0531. The SMILES string of the molecule is CCCCC(CC)CNC(C)C(=O)NCCOC. The second-order valence-corrected chi connectivity index (χ2v) is 4.83. The van der Waals surface area contributed by atoms with E-state index in [1.807, 2.05) is 6.92 Å². The van der Waals surface area contributed by atoms with Crippen LogP contribution in [0.4, 0.5) is 0 Å². The second-order valence-electron chi connectivity index (χ2n) is 4.83. The van der Waals surface area contributed by atoms with E-state index in [0.717, 1.165) is 6.54 Å². The zero-order valence-corrected chi connectivity index (χ0v) is 12.4. The number of amides is 1. The first kappa shape index (κ1) is 17.4. The molecule has 0 fully saturated rings. The van der Waals surface area contributed by atoms with Gasteiger partial charge in [-0.05, 0) is 25.8 Å². The Balaban J connectivity index is 3.77. The Morgan fingerprint density at radius 3 is 2.61 bits per heavy atom. The van der Waals surface area contributed by atoms with Crippen molar-refractivity contribution in [3.63, 3.8) is 0 Å². The van der Waals surface area contributed by atoms with E-state index in [9.17, 15) is 4.79 Å². The summed E-state index contributed by atoms with van der Waals surface area (Å²) < 4.78 is 4.90. The van der Waals surface area contributed by atoms with Gasteiger partial charge in [-0.2, -0.15) is 0 Å². The topological polar surface area (TPSA) is 50.4 Å². The van der Waals surface area contributed by atoms with Gasteiger partial charge in [0.05, 0.1) is 12.6 Å². The van der Waals surface area contributed by atoms with Crippen LogP contribution < -0.4 is 10.6 Å². The first-order chi connectivity index (χ1) is 8.65. The lowest BCUT2D eigenvalue weighted by Gasteiger charge is -2.19. The molecule has 0 aromatic rings. The van der Waals surface area contributed by atoms with Crippen molar-refractivity contribution in [3.05, 3.63) is 0 Å². The van der Waals surface area contributed by atoms with Gasteiger partial charge < -0.3 is 15.4 Å². The number of nitrogens with one attached hydrogen (secondary N) is 2. The van der Waals surface area contributed by atoms with E-state index < -0.39 is 0 Å². The van der Waals surface area contributed by atoms with E-state index in [1.165, 1.54) is 25.7 Å². The molecule has 0 aliphatic carbocycles. The van der Waals surface area contributed by atoms with Crippen molar-refractivity contribution in [2.45, 2.75) is 52.5 Å². The van der Waals surface area contributed by atoms with Crippen LogP contribution in [-0.2, 0) is 9.53 Å². The monoisotopic (exact) mass is 258 g/mol. The summed E-state index contributed by atoms with van der Waals surface area (Å²) in [4.78, 5) is 11.7. The van der Waals surface area contributed by atoms with Crippen LogP contribution in [-0.4, -0.2) is 38.8 Å². The molecule has 18 heavy (non-hydrogen) atoms. The molecule has 2 unspecified atom stereocenters. The lowest BCUT2D eigenvalue weighted by Crippen LogP contribution is -2.44. The van der Waals surface area contributed by atoms with Gasteiger partial charge in [0.1, 0.15) is 0 Å². The van der Waals surface area contributed by atoms with Gasteiger partial charge >= 0.3 is 0 Å². The number of hydrogen-bond donors (Lipinski definition) is 2. The maximum Gasteiger partial charge on any atom is 0.236 e. The summed E-state index contributed by atoms with van der Waals surface area (Å²) in [7, 11) is 1.63. The predicted octanol–water partition coefficient (Wildman–Crippen LogP) is 1.94. The Morgan fingerprint density at radius 1 is 1.33 bits per heavy atom. The Bertz CT molecular complexity index is 210. The van der Waals surface area contributed by atoms with Gasteiger partial charge in [-0.15, -0.1) is 0 Å². The number of ether oxygens (including phenoxy) is 1. The van der Waals surface area contributed by atoms with Crippen LogP contribution in [0.2, 0.25) is 0 Å². The molecule has 108 valence electrons. The average molecular weight is 258 g/mol. The first-order valence-corrected chi connectivity index (χ1v) is 7.15. The fraction of sp³-hybridized carbons (Fsp3) is 0.929. The fourth-order valence-corrected chi connectivity index (χ4v) is 1.81. The third-order valence-electron chi connectivity index (χ3n) is 3.25. The lowest BCUT2D eigenvalue weighted by molar-refractivity contribution is -0.123. The van der Waals surface area contributed by atoms with E-state index in [2.05, 4.69) is 24.5 Å². The molecule has 0 aromatic heterocycles. The summed E-state index contributed by atoms with van der Waals surface area (Å²) in [6.45, 7) is 8.41. The van der Waals surface area contributed by atoms with E-state index in [-0.39, 0.29) is 11.9 Å². The molecule has 0 bridgehead atoms. The molecule has 0 aliphatic rings. The van der Waals surface area contributed by atoms with Gasteiger partial charge in [-0.1, -0.05) is 33.1 Å². The summed E-state index contributed by atoms with van der Waals surface area (Å²) in [5.41, 5.74) is 0. The number of unbranched alkanes of at least 4 members (excludes halogenated alkanes) is 1. The van der Waals surface area contributed by atoms with Gasteiger partial charge in [0.15, 0.2) is 0 Å². The number of hydrogen-bond acceptors (Lipinski definition) is 3. The van der Waals surface area contributed by atoms with Crippen molar-refractivity contribution < 1.29 is 9.53 Å². The molecule has 0 spiro atoms. The van der Waals surface area contributed by atoms with Gasteiger partial charge in [0.25, 0.3) is 0 Å². The average Bonchev–Trinajstić information content (AvgIpc) is 2.38. The molecule has 0 rings (SSSR count). The summed E-state index contributed by atoms with van der Waals surface area (Å²) in [5, 5.41) is 6.16. The molecular weight excluding hydrogens is 228 g/mol. The second kappa shape index (κ2) is 11.5. The zero-order chi connectivity index (χ0) is 13.8. The standard InChI is InChI=1S/C14H30N2O2/c1-5-7-8-13(6-2)11-16-12(3)14(17)15-9-10-18-4/h12-13,16H,5-11H2,1-4H3,(H,15,17). The molecule has 1 amide bonds. The third-order valence-corrected chi connectivity index (χ3v) is 3.25. The quantitative estimate of drug-likeness (QED) is 0.557. The minimum atomic E-state index is -0.127. The summed E-state index contributed by atoms with van der Waals surface area (Å²) in [6.07, 6.45) is 4.93. The summed E-state index contributed by atoms with van der Waals surface area (Å²) in [6, 6.07) is -0.127. The molecule has 4 heteroatoms. The van der Waals surface area contributed by atoms with Crippen molar-refractivity contribution >= 4 is 5.91 Å². The molecule has 0 aromatic carbocycles. The van der Waals surface area contributed by atoms with Crippen LogP contribution in [0.5, 0.6) is 0 Å². The van der Waals surface area contributed by atoms with E-state index in [4.69, 9.17) is 4.74 Å². The van der Waals surface area contributed by atoms with Crippen LogP contribution in [0.1, 0.15) is 46.5 Å². The minimum Gasteiger partial charge on any atom is -0.383 e. The van der Waals surface area contributed by atoms with Crippen molar-refractivity contribution in [2.75, 3.05) is 26.8 Å². The van der Waals surface area contributed by atoms with Crippen LogP contribution in [0, 0.1) is 5.92 Å². The van der Waals surface area contributed by atoms with E-state index in [1.54, 1.807) is 7.11 Å². The number of carbonyl (C=O) groups excluding carboxylic acids is 1. The van der Waals surface area contributed by atoms with Crippen molar-refractivity contribution in [3.8, 4) is 0 Å². The highest BCUT2D eigenvalue weighted by molar-refractivity contribution is 5.81. The molecule has 2 N–H and O–H groups in total. The van der Waals surface area contributed by atoms with Gasteiger partial charge in [0, 0.05) is 13.7 Å². The first-order valence-electron chi connectivity index (χ1n) is 7.15. The molecule has 0 saturated heterocycles. The Kier molecular flexibility index (Phi) is 11.1. The normalized spacial score (nSPS) is 14.2. The molecule has 4 nitrogen and oxygen atoms in total. The zero-order valence-electron chi connectivity index (χ0n) is 12.4. The largest absolute Gasteiger partial charge is 0.383 e. The lowest BCUT2D eigenvalue weighted by atomic mass is 9.99. The number of rotatable bonds is 11. The smallest absolute Gasteiger partial charge is 0.236 e. The summed E-state index contributed by atoms with van der Waals surface area (Å²) >= 11 is 0. The summed E-state index contributed by atoms with van der Waals surface area (Å²) in [5.74, 6) is 0.733. The van der Waals surface area contributed by atoms with Crippen LogP contribution in [0.3, 0.4) is 0 Å². The maximum absolute atomic E-state index is 11.7. The van der Waals surface area contributed by atoms with Crippen molar-refractivity contribution in [2.24, 2.45) is 5.92 Å². The molecule has 0 heterocycles. The van der Waals surface area contributed by atoms with Gasteiger partial charge in [0.2, 0.25) is 5.91 Å². The predicted molar refractivity (Wildman–Crippen MR) is 75.7 cm³/mol. The van der Waals surface area contributed by atoms with Gasteiger partial charge in [-0.3, -0.25) is 4.79 Å². The Hall–Kier alpha value is -0.610. The maximum atomic E-state index is 11.7. The highest BCUT2D eigenvalue weighted by Crippen LogP contribution is 2.11. The van der Waals surface area contributed by atoms with Crippen LogP contribution in [0.15, 0.2) is 0 Å².